The highest BCUT2D eigenvalue weighted by Gasteiger charge is 2.47. The van der Waals surface area contributed by atoms with E-state index in [1.165, 1.54) is 5.56 Å². The van der Waals surface area contributed by atoms with E-state index in [1.54, 1.807) is 0 Å². The van der Waals surface area contributed by atoms with Crippen LogP contribution in [0.5, 0.6) is 0 Å². The second-order valence-electron chi connectivity index (χ2n) is 7.12. The molecule has 2 atom stereocenters. The molecule has 0 unspecified atom stereocenters. The van der Waals surface area contributed by atoms with Crippen LogP contribution in [0.25, 0.3) is 5.69 Å². The SMILES string of the molecule is O[C@H]1CCOC2(CCN(Cc3cnn(-c4ccccc4)c3)CC2)[C@H]1O. The lowest BCUT2D eigenvalue weighted by Crippen LogP contribution is -2.59. The first kappa shape index (κ1) is 16.7. The minimum Gasteiger partial charge on any atom is -0.390 e. The lowest BCUT2D eigenvalue weighted by atomic mass is 9.80. The molecule has 0 aliphatic carbocycles. The number of para-hydroxylation sites is 1. The smallest absolute Gasteiger partial charge is 0.109 e. The van der Waals surface area contributed by atoms with Crippen molar-refractivity contribution >= 4 is 0 Å². The van der Waals surface area contributed by atoms with Crippen molar-refractivity contribution < 1.29 is 14.9 Å². The van der Waals surface area contributed by atoms with E-state index in [0.29, 0.717) is 13.0 Å². The Morgan fingerprint density at radius 3 is 2.68 bits per heavy atom. The third-order valence-electron chi connectivity index (χ3n) is 5.47. The van der Waals surface area contributed by atoms with Gasteiger partial charge in [-0.2, -0.15) is 5.10 Å². The Morgan fingerprint density at radius 2 is 1.92 bits per heavy atom. The minimum atomic E-state index is -0.774. The lowest BCUT2D eigenvalue weighted by Gasteiger charge is -2.48. The summed E-state index contributed by atoms with van der Waals surface area (Å²) in [6.07, 6.45) is 4.55. The Kier molecular flexibility index (Phi) is 4.60. The summed E-state index contributed by atoms with van der Waals surface area (Å²) in [5.41, 5.74) is 1.66. The van der Waals surface area contributed by atoms with E-state index in [0.717, 1.165) is 38.2 Å². The van der Waals surface area contributed by atoms with Crippen molar-refractivity contribution in [2.24, 2.45) is 0 Å². The Bertz CT molecular complexity index is 695. The molecule has 1 spiro atoms. The first-order valence-corrected chi connectivity index (χ1v) is 8.98. The molecule has 2 fully saturated rings. The zero-order chi connectivity index (χ0) is 17.3. The highest BCUT2D eigenvalue weighted by atomic mass is 16.5. The maximum absolute atomic E-state index is 10.4. The van der Waals surface area contributed by atoms with Crippen molar-refractivity contribution in [3.8, 4) is 5.69 Å². The summed E-state index contributed by atoms with van der Waals surface area (Å²) in [7, 11) is 0. The van der Waals surface area contributed by atoms with Crippen LogP contribution in [0.1, 0.15) is 24.8 Å². The van der Waals surface area contributed by atoms with Crippen LogP contribution in [0.15, 0.2) is 42.7 Å². The summed E-state index contributed by atoms with van der Waals surface area (Å²) in [4.78, 5) is 2.36. The van der Waals surface area contributed by atoms with Gasteiger partial charge in [-0.15, -0.1) is 0 Å². The van der Waals surface area contributed by atoms with Crippen molar-refractivity contribution in [1.29, 1.82) is 0 Å². The Morgan fingerprint density at radius 1 is 1.16 bits per heavy atom. The molecule has 2 N–H and O–H groups in total. The van der Waals surface area contributed by atoms with E-state index in [-0.39, 0.29) is 0 Å². The second kappa shape index (κ2) is 6.88. The standard InChI is InChI=1S/C19H25N3O3/c23-17-6-11-25-19(18(17)24)7-9-21(10-8-19)13-15-12-20-22(14-15)16-4-2-1-3-5-16/h1-5,12,14,17-18,23-24H,6-11,13H2/t17-,18-/m0/s1. The molecule has 0 saturated carbocycles. The molecule has 2 aromatic rings. The normalized spacial score (nSPS) is 26.8. The number of aromatic nitrogens is 2. The van der Waals surface area contributed by atoms with Gasteiger partial charge in [0.1, 0.15) is 6.10 Å². The number of aliphatic hydroxyl groups is 2. The van der Waals surface area contributed by atoms with Crippen LogP contribution in [0.4, 0.5) is 0 Å². The van der Waals surface area contributed by atoms with Crippen molar-refractivity contribution in [3.63, 3.8) is 0 Å². The van der Waals surface area contributed by atoms with Crippen molar-refractivity contribution in [1.82, 2.24) is 14.7 Å². The Balaban J connectivity index is 1.37. The van der Waals surface area contributed by atoms with Gasteiger partial charge in [0.2, 0.25) is 0 Å². The quantitative estimate of drug-likeness (QED) is 0.880. The molecule has 6 nitrogen and oxygen atoms in total. The Labute approximate surface area is 147 Å². The van der Waals surface area contributed by atoms with Gasteiger partial charge < -0.3 is 14.9 Å². The largest absolute Gasteiger partial charge is 0.390 e. The van der Waals surface area contributed by atoms with Gasteiger partial charge in [0, 0.05) is 31.4 Å². The lowest BCUT2D eigenvalue weighted by molar-refractivity contribution is -0.214. The predicted octanol–water partition coefficient (Wildman–Crippen LogP) is 1.35. The van der Waals surface area contributed by atoms with Gasteiger partial charge in [-0.25, -0.2) is 4.68 Å². The van der Waals surface area contributed by atoms with Crippen molar-refractivity contribution in [2.75, 3.05) is 19.7 Å². The average molecular weight is 343 g/mol. The molecule has 4 rings (SSSR count). The molecule has 0 bridgehead atoms. The summed E-state index contributed by atoms with van der Waals surface area (Å²) in [5.74, 6) is 0. The fraction of sp³-hybridized carbons (Fsp3) is 0.526. The maximum Gasteiger partial charge on any atom is 0.109 e. The second-order valence-corrected chi connectivity index (χ2v) is 7.12. The summed E-state index contributed by atoms with van der Waals surface area (Å²) in [6.45, 7) is 3.06. The number of hydrogen-bond donors (Lipinski definition) is 2. The summed E-state index contributed by atoms with van der Waals surface area (Å²) in [5, 5.41) is 24.8. The molecule has 2 aliphatic rings. The number of aliphatic hydroxyl groups excluding tert-OH is 2. The molecule has 1 aromatic heterocycles. The van der Waals surface area contributed by atoms with Crippen LogP contribution in [0, 0.1) is 0 Å². The molecule has 6 heteroatoms. The molecule has 3 heterocycles. The van der Waals surface area contributed by atoms with E-state index in [9.17, 15) is 10.2 Å². The molecule has 0 amide bonds. The van der Waals surface area contributed by atoms with Crippen molar-refractivity contribution in [3.05, 3.63) is 48.3 Å². The number of likely N-dealkylation sites (tertiary alicyclic amines) is 1. The van der Waals surface area contributed by atoms with Gasteiger partial charge in [-0.05, 0) is 31.4 Å². The van der Waals surface area contributed by atoms with E-state index in [2.05, 4.69) is 16.2 Å². The number of rotatable bonds is 3. The molecular formula is C19H25N3O3. The predicted molar refractivity (Wildman–Crippen MR) is 93.4 cm³/mol. The average Bonchev–Trinajstić information content (AvgIpc) is 3.11. The number of benzene rings is 1. The maximum atomic E-state index is 10.4. The zero-order valence-corrected chi connectivity index (χ0v) is 14.3. The van der Waals surface area contributed by atoms with E-state index >= 15 is 0 Å². The molecule has 2 aliphatic heterocycles. The third kappa shape index (κ3) is 3.35. The first-order valence-electron chi connectivity index (χ1n) is 8.98. The highest BCUT2D eigenvalue weighted by Crippen LogP contribution is 2.35. The third-order valence-corrected chi connectivity index (χ3v) is 5.47. The van der Waals surface area contributed by atoms with Crippen LogP contribution in [0.3, 0.4) is 0 Å². The summed E-state index contributed by atoms with van der Waals surface area (Å²) < 4.78 is 7.79. The first-order chi connectivity index (χ1) is 12.2. The topological polar surface area (TPSA) is 70.8 Å². The number of ether oxygens (including phenoxy) is 1. The summed E-state index contributed by atoms with van der Waals surface area (Å²) >= 11 is 0. The van der Waals surface area contributed by atoms with Crippen LogP contribution in [-0.2, 0) is 11.3 Å². The molecular weight excluding hydrogens is 318 g/mol. The van der Waals surface area contributed by atoms with Crippen LogP contribution in [0.2, 0.25) is 0 Å². The van der Waals surface area contributed by atoms with E-state index in [4.69, 9.17) is 4.74 Å². The van der Waals surface area contributed by atoms with Gasteiger partial charge in [0.15, 0.2) is 0 Å². The van der Waals surface area contributed by atoms with Gasteiger partial charge >= 0.3 is 0 Å². The van der Waals surface area contributed by atoms with Crippen LogP contribution >= 0.6 is 0 Å². The summed E-state index contributed by atoms with van der Waals surface area (Å²) in [6, 6.07) is 10.1. The minimum absolute atomic E-state index is 0.519. The van der Waals surface area contributed by atoms with Crippen LogP contribution in [-0.4, -0.2) is 62.4 Å². The van der Waals surface area contributed by atoms with Gasteiger partial charge in [0.25, 0.3) is 0 Å². The fourth-order valence-corrected chi connectivity index (χ4v) is 3.93. The van der Waals surface area contributed by atoms with E-state index in [1.807, 2.05) is 41.2 Å². The van der Waals surface area contributed by atoms with Gasteiger partial charge in [0.05, 0.1) is 30.2 Å². The molecule has 0 radical (unpaired) electrons. The van der Waals surface area contributed by atoms with Gasteiger partial charge in [-0.1, -0.05) is 18.2 Å². The molecule has 1 aromatic carbocycles. The monoisotopic (exact) mass is 343 g/mol. The van der Waals surface area contributed by atoms with Gasteiger partial charge in [-0.3, -0.25) is 4.90 Å². The number of hydrogen-bond acceptors (Lipinski definition) is 5. The number of nitrogens with zero attached hydrogens (tertiary/aromatic N) is 3. The zero-order valence-electron chi connectivity index (χ0n) is 14.3. The molecule has 25 heavy (non-hydrogen) atoms. The molecule has 134 valence electrons. The number of piperidine rings is 1. The van der Waals surface area contributed by atoms with Crippen LogP contribution < -0.4 is 0 Å². The highest BCUT2D eigenvalue weighted by molar-refractivity contribution is 5.30. The van der Waals surface area contributed by atoms with E-state index < -0.39 is 17.8 Å². The Hall–Kier alpha value is -1.73. The molecule has 2 saturated heterocycles. The fourth-order valence-electron chi connectivity index (χ4n) is 3.93. The van der Waals surface area contributed by atoms with Crippen molar-refractivity contribution in [2.45, 2.75) is 43.6 Å².